The Morgan fingerprint density at radius 1 is 1.03 bits per heavy atom. The summed E-state index contributed by atoms with van der Waals surface area (Å²) in [7, 11) is 0. The van der Waals surface area contributed by atoms with Gasteiger partial charge in [0.25, 0.3) is 0 Å². The predicted molar refractivity (Wildman–Crippen MR) is 115 cm³/mol. The van der Waals surface area contributed by atoms with E-state index in [2.05, 4.69) is 25.3 Å². The second-order valence-corrected chi connectivity index (χ2v) is 7.39. The normalized spacial score (nSPS) is 12.5. The van der Waals surface area contributed by atoms with Crippen molar-refractivity contribution < 1.29 is 28.1 Å². The Morgan fingerprint density at radius 2 is 1.78 bits per heavy atom. The minimum absolute atomic E-state index is 0.0554. The molecule has 10 heteroatoms. The summed E-state index contributed by atoms with van der Waals surface area (Å²) in [5, 5.41) is 25.4. The van der Waals surface area contributed by atoms with Crippen molar-refractivity contribution in [2.24, 2.45) is 5.92 Å². The maximum atomic E-state index is 12.6. The van der Waals surface area contributed by atoms with E-state index in [0.29, 0.717) is 22.8 Å². The Labute approximate surface area is 182 Å². The maximum Gasteiger partial charge on any atom is 0.573 e. The summed E-state index contributed by atoms with van der Waals surface area (Å²) in [6.07, 6.45) is -4.81. The van der Waals surface area contributed by atoms with Gasteiger partial charge in [0.2, 0.25) is 5.95 Å². The monoisotopic (exact) mass is 448 g/mol. The molecule has 1 heterocycles. The Bertz CT molecular complexity index is 1060. The van der Waals surface area contributed by atoms with Gasteiger partial charge in [-0.25, -0.2) is 4.98 Å². The predicted octanol–water partition coefficient (Wildman–Crippen LogP) is 4.92. The van der Waals surface area contributed by atoms with Crippen LogP contribution in [0.5, 0.6) is 11.5 Å². The van der Waals surface area contributed by atoms with Crippen molar-refractivity contribution >= 4 is 17.5 Å². The Hall–Kier alpha value is -3.53. The molecular formula is C22H23F3N4O3. The number of aromatic nitrogens is 2. The number of nitrogens with one attached hydrogen (secondary N) is 2. The maximum absolute atomic E-state index is 12.6. The van der Waals surface area contributed by atoms with Crippen LogP contribution in [0, 0.1) is 5.92 Å². The van der Waals surface area contributed by atoms with E-state index in [9.17, 15) is 23.4 Å². The van der Waals surface area contributed by atoms with Crippen molar-refractivity contribution in [1.82, 2.24) is 9.97 Å². The number of benzene rings is 2. The van der Waals surface area contributed by atoms with Crippen LogP contribution in [-0.4, -0.2) is 39.2 Å². The molecular weight excluding hydrogens is 425 g/mol. The minimum atomic E-state index is -4.81. The van der Waals surface area contributed by atoms with Crippen LogP contribution < -0.4 is 15.4 Å². The van der Waals surface area contributed by atoms with Gasteiger partial charge in [-0.2, -0.15) is 4.98 Å². The molecule has 0 amide bonds. The summed E-state index contributed by atoms with van der Waals surface area (Å²) in [4.78, 5) is 8.81. The average molecular weight is 448 g/mol. The van der Waals surface area contributed by atoms with Crippen LogP contribution in [0.4, 0.5) is 30.6 Å². The zero-order valence-electron chi connectivity index (χ0n) is 17.4. The number of halogens is 3. The third-order valence-corrected chi connectivity index (χ3v) is 4.52. The highest BCUT2D eigenvalue weighted by Gasteiger charge is 2.31. The molecule has 0 aliphatic rings. The van der Waals surface area contributed by atoms with Crippen LogP contribution in [-0.2, 0) is 0 Å². The van der Waals surface area contributed by atoms with Gasteiger partial charge in [-0.3, -0.25) is 0 Å². The summed E-state index contributed by atoms with van der Waals surface area (Å²) in [6, 6.07) is 13.1. The van der Waals surface area contributed by atoms with E-state index in [0.717, 1.165) is 0 Å². The van der Waals surface area contributed by atoms with Gasteiger partial charge in [-0.1, -0.05) is 32.0 Å². The Balaban J connectivity index is 2.00. The van der Waals surface area contributed by atoms with E-state index in [1.807, 2.05) is 13.8 Å². The zero-order chi connectivity index (χ0) is 23.3. The number of rotatable bonds is 8. The van der Waals surface area contributed by atoms with Gasteiger partial charge in [0.15, 0.2) is 0 Å². The molecule has 0 bridgehead atoms. The highest BCUT2D eigenvalue weighted by molar-refractivity contribution is 5.68. The molecule has 170 valence electrons. The molecule has 3 aromatic rings. The highest BCUT2D eigenvalue weighted by atomic mass is 19.4. The third kappa shape index (κ3) is 6.48. The largest absolute Gasteiger partial charge is 0.573 e. The number of aliphatic hydroxyl groups is 1. The van der Waals surface area contributed by atoms with Gasteiger partial charge in [0, 0.05) is 23.4 Å². The van der Waals surface area contributed by atoms with Crippen LogP contribution in [0.1, 0.15) is 13.8 Å². The van der Waals surface area contributed by atoms with Crippen LogP contribution in [0.25, 0.3) is 11.3 Å². The fraction of sp³-hybridized carbons (Fsp3) is 0.273. The van der Waals surface area contributed by atoms with Gasteiger partial charge in [0.05, 0.1) is 18.3 Å². The van der Waals surface area contributed by atoms with Crippen molar-refractivity contribution in [2.75, 3.05) is 17.2 Å². The minimum Gasteiger partial charge on any atom is -0.508 e. The number of phenolic OH excluding ortho intramolecular Hbond substituents is 1. The fourth-order valence-electron chi connectivity index (χ4n) is 2.90. The molecule has 1 aromatic heterocycles. The number of ether oxygens (including phenoxy) is 1. The molecule has 0 aliphatic carbocycles. The lowest BCUT2D eigenvalue weighted by molar-refractivity contribution is -0.274. The zero-order valence-corrected chi connectivity index (χ0v) is 17.4. The van der Waals surface area contributed by atoms with Gasteiger partial charge < -0.3 is 25.6 Å². The molecule has 0 fully saturated rings. The topological polar surface area (TPSA) is 99.5 Å². The number of aromatic hydroxyl groups is 1. The first-order valence-corrected chi connectivity index (χ1v) is 9.81. The average Bonchev–Trinajstić information content (AvgIpc) is 2.70. The van der Waals surface area contributed by atoms with Crippen LogP contribution in [0.2, 0.25) is 0 Å². The van der Waals surface area contributed by atoms with E-state index in [1.54, 1.807) is 24.3 Å². The summed E-state index contributed by atoms with van der Waals surface area (Å²) >= 11 is 0. The van der Waals surface area contributed by atoms with E-state index < -0.39 is 6.36 Å². The molecule has 0 saturated heterocycles. The van der Waals surface area contributed by atoms with Gasteiger partial charge in [-0.05, 0) is 30.2 Å². The second kappa shape index (κ2) is 9.73. The first kappa shape index (κ1) is 23.1. The Kier molecular flexibility index (Phi) is 7.04. The number of anilines is 3. The lowest BCUT2D eigenvalue weighted by Crippen LogP contribution is -2.30. The molecule has 4 N–H and O–H groups in total. The first-order chi connectivity index (χ1) is 15.1. The summed E-state index contributed by atoms with van der Waals surface area (Å²) < 4.78 is 41.9. The van der Waals surface area contributed by atoms with E-state index in [-0.39, 0.29) is 36.0 Å². The number of phenols is 1. The second-order valence-electron chi connectivity index (χ2n) is 7.39. The van der Waals surface area contributed by atoms with Crippen molar-refractivity contribution in [3.05, 3.63) is 54.6 Å². The molecule has 1 atom stereocenters. The summed E-state index contributed by atoms with van der Waals surface area (Å²) in [6.45, 7) is 3.68. The number of alkyl halides is 3. The molecule has 32 heavy (non-hydrogen) atoms. The fourth-order valence-corrected chi connectivity index (χ4v) is 2.90. The van der Waals surface area contributed by atoms with Crippen molar-refractivity contribution in [3.63, 3.8) is 0 Å². The number of nitrogens with zero attached hydrogens (tertiary/aromatic N) is 2. The molecule has 0 aliphatic heterocycles. The quantitative estimate of drug-likeness (QED) is 0.388. The van der Waals surface area contributed by atoms with Gasteiger partial charge in [-0.15, -0.1) is 13.2 Å². The lowest BCUT2D eigenvalue weighted by Gasteiger charge is -2.21. The molecule has 0 radical (unpaired) electrons. The molecule has 0 unspecified atom stereocenters. The van der Waals surface area contributed by atoms with E-state index in [4.69, 9.17) is 0 Å². The van der Waals surface area contributed by atoms with Crippen LogP contribution in [0.3, 0.4) is 0 Å². The van der Waals surface area contributed by atoms with E-state index in [1.165, 1.54) is 30.3 Å². The Morgan fingerprint density at radius 3 is 2.44 bits per heavy atom. The van der Waals surface area contributed by atoms with Gasteiger partial charge >= 0.3 is 6.36 Å². The molecule has 0 spiro atoms. The SMILES string of the molecule is CC(C)[C@H](CO)Nc1nc(Nc2cccc(O)c2)cc(-c2cccc(OC(F)(F)F)c2)n1. The number of aliphatic hydroxyl groups excluding tert-OH is 1. The molecule has 7 nitrogen and oxygen atoms in total. The van der Waals surface area contributed by atoms with E-state index >= 15 is 0 Å². The van der Waals surface area contributed by atoms with Crippen molar-refractivity contribution in [1.29, 1.82) is 0 Å². The molecule has 0 saturated carbocycles. The summed E-state index contributed by atoms with van der Waals surface area (Å²) in [5.41, 5.74) is 1.26. The molecule has 3 rings (SSSR count). The number of hydrogen-bond acceptors (Lipinski definition) is 7. The standard InChI is InChI=1S/C22H23F3N4O3/c1-13(2)19(12-30)28-21-27-18(14-5-3-8-17(9-14)32-22(23,24)25)11-20(29-21)26-15-6-4-7-16(31)10-15/h3-11,13,19,30-31H,12H2,1-2H3,(H2,26,27,28,29)/t19-/m0/s1. The first-order valence-electron chi connectivity index (χ1n) is 9.81. The third-order valence-electron chi connectivity index (χ3n) is 4.52. The number of hydrogen-bond donors (Lipinski definition) is 4. The van der Waals surface area contributed by atoms with Crippen molar-refractivity contribution in [3.8, 4) is 22.8 Å². The van der Waals surface area contributed by atoms with Crippen LogP contribution >= 0.6 is 0 Å². The van der Waals surface area contributed by atoms with Crippen LogP contribution in [0.15, 0.2) is 54.6 Å². The lowest BCUT2D eigenvalue weighted by atomic mass is 10.1. The smallest absolute Gasteiger partial charge is 0.508 e. The summed E-state index contributed by atoms with van der Waals surface area (Å²) in [5.74, 6) is 0.268. The van der Waals surface area contributed by atoms with Crippen molar-refractivity contribution in [2.45, 2.75) is 26.3 Å². The molecule has 2 aromatic carbocycles. The highest BCUT2D eigenvalue weighted by Crippen LogP contribution is 2.30. The van der Waals surface area contributed by atoms with Gasteiger partial charge in [0.1, 0.15) is 17.3 Å².